The standard InChI is InChI=1S/C7H14Se2/c1-4-5-6-7(8-2)9-3/h6H,4-5H2,1-3H3. The Kier molecular flexibility index (Phi) is 7.49. The summed E-state index contributed by atoms with van der Waals surface area (Å²) >= 11 is 1.56. The fourth-order valence-corrected chi connectivity index (χ4v) is 3.87. The Labute approximate surface area is 70.8 Å². The van der Waals surface area contributed by atoms with Gasteiger partial charge in [-0.05, 0) is 0 Å². The second-order valence-corrected chi connectivity index (χ2v) is 6.59. The van der Waals surface area contributed by atoms with Crippen molar-refractivity contribution < 1.29 is 0 Å². The van der Waals surface area contributed by atoms with Crippen molar-refractivity contribution in [2.24, 2.45) is 0 Å². The van der Waals surface area contributed by atoms with E-state index >= 15 is 0 Å². The molecule has 9 heavy (non-hydrogen) atoms. The van der Waals surface area contributed by atoms with Crippen LogP contribution in [0, 0.1) is 0 Å². The van der Waals surface area contributed by atoms with E-state index in [1.807, 2.05) is 0 Å². The fraction of sp³-hybridized carbons (Fsp3) is 0.714. The third kappa shape index (κ3) is 5.23. The van der Waals surface area contributed by atoms with Gasteiger partial charge in [-0.1, -0.05) is 0 Å². The third-order valence-corrected chi connectivity index (χ3v) is 7.02. The molecule has 0 aliphatic carbocycles. The second kappa shape index (κ2) is 6.89. The van der Waals surface area contributed by atoms with Gasteiger partial charge in [-0.3, -0.25) is 0 Å². The minimum absolute atomic E-state index is 0.782. The molecule has 54 valence electrons. The van der Waals surface area contributed by atoms with Crippen LogP contribution in [0.15, 0.2) is 9.45 Å². The Morgan fingerprint density at radius 3 is 2.22 bits per heavy atom. The molecule has 0 heterocycles. The van der Waals surface area contributed by atoms with Crippen molar-refractivity contribution in [2.75, 3.05) is 0 Å². The molecular formula is C7H14Se2. The zero-order chi connectivity index (χ0) is 7.11. The zero-order valence-corrected chi connectivity index (χ0v) is 9.73. The number of allylic oxidation sites excluding steroid dienone is 1. The monoisotopic (exact) mass is 258 g/mol. The van der Waals surface area contributed by atoms with Crippen LogP contribution >= 0.6 is 0 Å². The molecule has 0 fully saturated rings. The van der Waals surface area contributed by atoms with E-state index in [1.165, 1.54) is 12.8 Å². The van der Waals surface area contributed by atoms with Crippen molar-refractivity contribution in [1.82, 2.24) is 0 Å². The molecule has 0 aliphatic rings. The van der Waals surface area contributed by atoms with Gasteiger partial charge in [0.05, 0.1) is 0 Å². The molecule has 0 saturated carbocycles. The number of rotatable bonds is 4. The van der Waals surface area contributed by atoms with Crippen LogP contribution in [0.4, 0.5) is 0 Å². The van der Waals surface area contributed by atoms with Gasteiger partial charge in [0.2, 0.25) is 0 Å². The van der Waals surface area contributed by atoms with E-state index in [2.05, 4.69) is 24.6 Å². The first kappa shape index (κ1) is 9.78. The topological polar surface area (TPSA) is 0 Å². The third-order valence-electron chi connectivity index (χ3n) is 1.00. The molecular weight excluding hydrogens is 242 g/mol. The molecule has 0 aromatic rings. The zero-order valence-electron chi connectivity index (χ0n) is 6.31. The average Bonchev–Trinajstić information content (AvgIpc) is 1.91. The van der Waals surface area contributed by atoms with Gasteiger partial charge in [0.15, 0.2) is 0 Å². The Hall–Kier alpha value is 0.779. The Morgan fingerprint density at radius 1 is 1.33 bits per heavy atom. The number of unbranched alkanes of at least 4 members (excludes halogenated alkanes) is 1. The first-order valence-corrected chi connectivity index (χ1v) is 8.27. The molecule has 0 aromatic carbocycles. The average molecular weight is 256 g/mol. The molecule has 0 rings (SSSR count). The van der Waals surface area contributed by atoms with E-state index in [0.717, 1.165) is 29.9 Å². The first-order valence-electron chi connectivity index (χ1n) is 3.13. The molecule has 0 radical (unpaired) electrons. The van der Waals surface area contributed by atoms with Crippen molar-refractivity contribution in [3.63, 3.8) is 0 Å². The van der Waals surface area contributed by atoms with Crippen molar-refractivity contribution in [2.45, 2.75) is 31.4 Å². The molecule has 0 N–H and O–H groups in total. The SMILES string of the molecule is CCCC=C([Se]C)[Se]C. The normalized spacial score (nSPS) is 9.22. The Balaban J connectivity index is 3.48. The maximum atomic E-state index is 2.43. The van der Waals surface area contributed by atoms with Crippen LogP contribution in [0.2, 0.25) is 11.6 Å². The van der Waals surface area contributed by atoms with E-state index in [0.29, 0.717) is 0 Å². The molecule has 2 heteroatoms. The second-order valence-electron chi connectivity index (χ2n) is 1.72. The van der Waals surface area contributed by atoms with E-state index in [1.54, 1.807) is 3.37 Å². The summed E-state index contributed by atoms with van der Waals surface area (Å²) in [7, 11) is 0. The van der Waals surface area contributed by atoms with Gasteiger partial charge in [-0.2, -0.15) is 0 Å². The van der Waals surface area contributed by atoms with Gasteiger partial charge in [-0.15, -0.1) is 0 Å². The molecule has 0 unspecified atom stereocenters. The molecule has 0 bridgehead atoms. The molecule has 0 spiro atoms. The molecule has 0 atom stereocenters. The molecule has 0 aliphatic heterocycles. The summed E-state index contributed by atoms with van der Waals surface area (Å²) in [5.74, 6) is 4.61. The predicted octanol–water partition coefficient (Wildman–Crippen LogP) is 2.13. The molecule has 0 saturated heterocycles. The number of hydrogen-bond donors (Lipinski definition) is 0. The first-order chi connectivity index (χ1) is 4.35. The van der Waals surface area contributed by atoms with Gasteiger partial charge in [0.1, 0.15) is 0 Å². The van der Waals surface area contributed by atoms with Gasteiger partial charge in [-0.25, -0.2) is 0 Å². The van der Waals surface area contributed by atoms with E-state index in [-0.39, 0.29) is 0 Å². The molecule has 0 aromatic heterocycles. The fourth-order valence-electron chi connectivity index (χ4n) is 0.512. The van der Waals surface area contributed by atoms with Crippen molar-refractivity contribution >= 4 is 29.9 Å². The van der Waals surface area contributed by atoms with Crippen LogP contribution in [-0.2, 0) is 0 Å². The summed E-state index contributed by atoms with van der Waals surface area (Å²) in [5, 5.41) is 0. The van der Waals surface area contributed by atoms with Crippen LogP contribution in [0.5, 0.6) is 0 Å². The predicted molar refractivity (Wildman–Crippen MR) is 46.2 cm³/mol. The summed E-state index contributed by atoms with van der Waals surface area (Å²) in [4.78, 5) is 0. The summed E-state index contributed by atoms with van der Waals surface area (Å²) in [6.07, 6.45) is 5.02. The molecule has 0 amide bonds. The van der Waals surface area contributed by atoms with Gasteiger partial charge < -0.3 is 0 Å². The number of hydrogen-bond acceptors (Lipinski definition) is 0. The Bertz CT molecular complexity index is 80.9. The quantitative estimate of drug-likeness (QED) is 0.676. The van der Waals surface area contributed by atoms with Crippen LogP contribution in [0.25, 0.3) is 0 Å². The van der Waals surface area contributed by atoms with Crippen molar-refractivity contribution in [3.8, 4) is 0 Å². The van der Waals surface area contributed by atoms with Crippen LogP contribution in [0.3, 0.4) is 0 Å². The summed E-state index contributed by atoms with van der Waals surface area (Å²) in [5.41, 5.74) is 0. The van der Waals surface area contributed by atoms with E-state index in [4.69, 9.17) is 0 Å². The summed E-state index contributed by atoms with van der Waals surface area (Å²) in [6, 6.07) is 0. The van der Waals surface area contributed by atoms with Gasteiger partial charge in [0.25, 0.3) is 0 Å². The van der Waals surface area contributed by atoms with Crippen LogP contribution in [0.1, 0.15) is 19.8 Å². The maximum absolute atomic E-state index is 2.43. The summed E-state index contributed by atoms with van der Waals surface area (Å²) < 4.78 is 1.73. The van der Waals surface area contributed by atoms with Crippen molar-refractivity contribution in [1.29, 1.82) is 0 Å². The summed E-state index contributed by atoms with van der Waals surface area (Å²) in [6.45, 7) is 2.24. The minimum atomic E-state index is 0.782. The van der Waals surface area contributed by atoms with Gasteiger partial charge >= 0.3 is 70.8 Å². The van der Waals surface area contributed by atoms with E-state index in [9.17, 15) is 0 Å². The van der Waals surface area contributed by atoms with Crippen LogP contribution in [-0.4, -0.2) is 29.9 Å². The van der Waals surface area contributed by atoms with Crippen LogP contribution < -0.4 is 0 Å². The van der Waals surface area contributed by atoms with Crippen molar-refractivity contribution in [3.05, 3.63) is 9.45 Å². The molecule has 0 nitrogen and oxygen atoms in total. The van der Waals surface area contributed by atoms with Gasteiger partial charge in [0, 0.05) is 0 Å². The van der Waals surface area contributed by atoms with E-state index < -0.39 is 0 Å². The Morgan fingerprint density at radius 2 is 1.89 bits per heavy atom.